The van der Waals surface area contributed by atoms with Gasteiger partial charge < -0.3 is 5.32 Å². The van der Waals surface area contributed by atoms with Crippen LogP contribution in [0, 0.1) is 5.82 Å². The van der Waals surface area contributed by atoms with E-state index in [1.165, 1.54) is 23.9 Å². The summed E-state index contributed by atoms with van der Waals surface area (Å²) in [5.74, 6) is 0.311. The van der Waals surface area contributed by atoms with Gasteiger partial charge in [-0.3, -0.25) is 9.36 Å². The Hall–Kier alpha value is -3.45. The summed E-state index contributed by atoms with van der Waals surface area (Å²) in [5.41, 5.74) is 2.77. The van der Waals surface area contributed by atoms with Gasteiger partial charge in [0.25, 0.3) is 0 Å². The van der Waals surface area contributed by atoms with Gasteiger partial charge in [-0.1, -0.05) is 72.4 Å². The first-order valence-electron chi connectivity index (χ1n) is 10.9. The number of hydrogen-bond acceptors (Lipinski definition) is 4. The molecule has 1 aliphatic carbocycles. The molecule has 1 unspecified atom stereocenters. The largest absolute Gasteiger partial charge is 0.352 e. The first kappa shape index (κ1) is 21.4. The van der Waals surface area contributed by atoms with E-state index in [0.29, 0.717) is 17.5 Å². The van der Waals surface area contributed by atoms with Crippen LogP contribution in [-0.2, 0) is 11.3 Å². The molecule has 1 heterocycles. The number of benzene rings is 3. The molecule has 5 nitrogen and oxygen atoms in total. The van der Waals surface area contributed by atoms with E-state index in [1.807, 2.05) is 65.2 Å². The van der Waals surface area contributed by atoms with E-state index < -0.39 is 5.25 Å². The molecule has 1 atom stereocenters. The lowest BCUT2D eigenvalue weighted by atomic mass is 10.1. The lowest BCUT2D eigenvalue weighted by Crippen LogP contribution is -2.30. The molecular weight excluding hydrogens is 435 g/mol. The van der Waals surface area contributed by atoms with Gasteiger partial charge in [-0.25, -0.2) is 4.39 Å². The molecule has 7 heteroatoms. The second kappa shape index (κ2) is 9.58. The van der Waals surface area contributed by atoms with Crippen LogP contribution in [0.4, 0.5) is 4.39 Å². The summed E-state index contributed by atoms with van der Waals surface area (Å²) in [6, 6.07) is 26.3. The van der Waals surface area contributed by atoms with Gasteiger partial charge in [0.1, 0.15) is 11.1 Å². The van der Waals surface area contributed by atoms with Gasteiger partial charge in [-0.15, -0.1) is 10.2 Å². The molecule has 166 valence electrons. The van der Waals surface area contributed by atoms with Crippen LogP contribution in [0.1, 0.15) is 29.2 Å². The van der Waals surface area contributed by atoms with Crippen molar-refractivity contribution in [1.82, 2.24) is 20.1 Å². The number of nitrogens with one attached hydrogen (secondary N) is 1. The van der Waals surface area contributed by atoms with Gasteiger partial charge >= 0.3 is 0 Å². The van der Waals surface area contributed by atoms with Crippen LogP contribution in [0.25, 0.3) is 11.4 Å². The molecule has 0 radical (unpaired) electrons. The van der Waals surface area contributed by atoms with Crippen molar-refractivity contribution in [2.75, 3.05) is 0 Å². The Morgan fingerprint density at radius 2 is 1.64 bits per heavy atom. The summed E-state index contributed by atoms with van der Waals surface area (Å²) in [5, 5.41) is 12.2. The first-order valence-corrected chi connectivity index (χ1v) is 11.8. The highest BCUT2D eigenvalue weighted by molar-refractivity contribution is 8.00. The number of thioether (sulfide) groups is 1. The molecule has 0 spiro atoms. The van der Waals surface area contributed by atoms with Crippen molar-refractivity contribution < 1.29 is 9.18 Å². The Bertz CT molecular complexity index is 1220. The number of hydrogen-bond donors (Lipinski definition) is 1. The molecule has 5 rings (SSSR count). The number of halogens is 1. The third kappa shape index (κ3) is 5.14. The number of carbonyl (C=O) groups excluding carboxylic acids is 1. The van der Waals surface area contributed by atoms with E-state index in [9.17, 15) is 9.18 Å². The van der Waals surface area contributed by atoms with Gasteiger partial charge in [-0.2, -0.15) is 0 Å². The third-order valence-electron chi connectivity index (χ3n) is 5.49. The van der Waals surface area contributed by atoms with Gasteiger partial charge in [-0.05, 0) is 48.2 Å². The maximum absolute atomic E-state index is 13.5. The molecule has 1 aliphatic rings. The van der Waals surface area contributed by atoms with Crippen LogP contribution in [0.5, 0.6) is 0 Å². The number of aromatic nitrogens is 3. The van der Waals surface area contributed by atoms with Gasteiger partial charge in [0.2, 0.25) is 5.91 Å². The van der Waals surface area contributed by atoms with Crippen LogP contribution < -0.4 is 5.32 Å². The van der Waals surface area contributed by atoms with E-state index in [4.69, 9.17) is 0 Å². The Morgan fingerprint density at radius 1 is 0.970 bits per heavy atom. The molecule has 33 heavy (non-hydrogen) atoms. The zero-order chi connectivity index (χ0) is 22.6. The molecule has 1 aromatic heterocycles. The van der Waals surface area contributed by atoms with Crippen molar-refractivity contribution in [2.24, 2.45) is 0 Å². The Kier molecular flexibility index (Phi) is 6.21. The van der Waals surface area contributed by atoms with Crippen LogP contribution in [0.15, 0.2) is 90.1 Å². The highest BCUT2D eigenvalue weighted by Crippen LogP contribution is 2.37. The molecule has 1 amide bonds. The molecule has 1 fully saturated rings. The fourth-order valence-electron chi connectivity index (χ4n) is 3.61. The summed E-state index contributed by atoms with van der Waals surface area (Å²) in [6.07, 6.45) is 2.05. The maximum Gasteiger partial charge on any atom is 0.238 e. The molecule has 1 saturated carbocycles. The highest BCUT2D eigenvalue weighted by atomic mass is 32.2. The molecule has 0 bridgehead atoms. The Balaban J connectivity index is 1.52. The van der Waals surface area contributed by atoms with Crippen LogP contribution in [0.2, 0.25) is 0 Å². The number of carbonyl (C=O) groups is 1. The van der Waals surface area contributed by atoms with Crippen LogP contribution in [-0.4, -0.2) is 26.7 Å². The quantitative estimate of drug-likeness (QED) is 0.367. The maximum atomic E-state index is 13.5. The van der Waals surface area contributed by atoms with Gasteiger partial charge in [0, 0.05) is 11.6 Å². The molecule has 0 aliphatic heterocycles. The minimum Gasteiger partial charge on any atom is -0.352 e. The topological polar surface area (TPSA) is 59.8 Å². The number of amides is 1. The predicted molar refractivity (Wildman–Crippen MR) is 127 cm³/mol. The van der Waals surface area contributed by atoms with Gasteiger partial charge in [0.15, 0.2) is 11.0 Å². The monoisotopic (exact) mass is 458 g/mol. The molecular formula is C26H23FN4OS. The van der Waals surface area contributed by atoms with E-state index in [-0.39, 0.29) is 17.8 Å². The zero-order valence-corrected chi connectivity index (χ0v) is 18.7. The summed E-state index contributed by atoms with van der Waals surface area (Å²) in [7, 11) is 0. The first-order chi connectivity index (χ1) is 16.2. The van der Waals surface area contributed by atoms with Crippen molar-refractivity contribution >= 4 is 17.7 Å². The Labute approximate surface area is 196 Å². The normalized spacial score (nSPS) is 14.1. The third-order valence-corrected chi connectivity index (χ3v) is 6.73. The lowest BCUT2D eigenvalue weighted by Gasteiger charge is -2.17. The summed E-state index contributed by atoms with van der Waals surface area (Å²) < 4.78 is 15.5. The fourth-order valence-corrected chi connectivity index (χ4v) is 4.65. The van der Waals surface area contributed by atoms with E-state index in [1.54, 1.807) is 12.1 Å². The summed E-state index contributed by atoms with van der Waals surface area (Å²) in [6.45, 7) is 0.536. The van der Waals surface area contributed by atoms with E-state index in [2.05, 4.69) is 15.5 Å². The van der Waals surface area contributed by atoms with Crippen molar-refractivity contribution in [3.63, 3.8) is 0 Å². The minimum absolute atomic E-state index is 0.0220. The minimum atomic E-state index is -0.452. The van der Waals surface area contributed by atoms with Crippen molar-refractivity contribution in [3.8, 4) is 11.4 Å². The predicted octanol–water partition coefficient (Wildman–Crippen LogP) is 5.24. The fraction of sp³-hybridized carbons (Fsp3) is 0.192. The van der Waals surface area contributed by atoms with E-state index in [0.717, 1.165) is 29.5 Å². The average molecular weight is 459 g/mol. The second-order valence-electron chi connectivity index (χ2n) is 8.08. The van der Waals surface area contributed by atoms with Crippen LogP contribution in [0.3, 0.4) is 0 Å². The Morgan fingerprint density at radius 3 is 2.30 bits per heavy atom. The lowest BCUT2D eigenvalue weighted by molar-refractivity contribution is -0.120. The van der Waals surface area contributed by atoms with Crippen LogP contribution >= 0.6 is 11.8 Å². The second-order valence-corrected chi connectivity index (χ2v) is 9.15. The molecule has 3 aromatic carbocycles. The number of rotatable bonds is 8. The summed E-state index contributed by atoms with van der Waals surface area (Å²) in [4.78, 5) is 13.2. The molecule has 1 N–H and O–H groups in total. The zero-order valence-electron chi connectivity index (χ0n) is 17.9. The van der Waals surface area contributed by atoms with Crippen molar-refractivity contribution in [3.05, 3.63) is 102 Å². The van der Waals surface area contributed by atoms with Crippen molar-refractivity contribution in [2.45, 2.75) is 35.8 Å². The smallest absolute Gasteiger partial charge is 0.238 e. The standard InChI is InChI=1S/C26H23FN4OS/c27-21-13-11-20(12-14-21)24-29-30-26(31(24)17-18-7-3-1-4-8-18)33-23(19-9-5-2-6-10-19)25(32)28-22-15-16-22/h1-14,22-23H,15-17H2,(H,28,32). The van der Waals surface area contributed by atoms with E-state index >= 15 is 0 Å². The molecule has 0 saturated heterocycles. The highest BCUT2D eigenvalue weighted by Gasteiger charge is 2.30. The number of nitrogens with zero attached hydrogens (tertiary/aromatic N) is 3. The SMILES string of the molecule is O=C(NC1CC1)C(Sc1nnc(-c2ccc(F)cc2)n1Cc1ccccc1)c1ccccc1. The average Bonchev–Trinajstić information content (AvgIpc) is 3.58. The van der Waals surface area contributed by atoms with Crippen molar-refractivity contribution in [1.29, 1.82) is 0 Å². The van der Waals surface area contributed by atoms with Gasteiger partial charge in [0.05, 0.1) is 6.54 Å². The molecule has 4 aromatic rings. The summed E-state index contributed by atoms with van der Waals surface area (Å²) >= 11 is 1.39.